The van der Waals surface area contributed by atoms with E-state index in [-0.39, 0.29) is 24.1 Å². The summed E-state index contributed by atoms with van der Waals surface area (Å²) in [7, 11) is 0. The molecule has 4 atom stereocenters. The molecule has 5 N–H and O–H groups in total. The summed E-state index contributed by atoms with van der Waals surface area (Å²) in [6.07, 6.45) is -0.603. The van der Waals surface area contributed by atoms with E-state index in [9.17, 15) is 14.4 Å². The zero-order valence-electron chi connectivity index (χ0n) is 16.9. The average Bonchev–Trinajstić information content (AvgIpc) is 2.73. The number of piperidine rings is 1. The van der Waals surface area contributed by atoms with E-state index in [2.05, 4.69) is 26.6 Å². The molecule has 2 saturated heterocycles. The molecule has 2 aromatic carbocycles. The number of anilines is 2. The number of carbonyl (C=O) groups is 3. The molecule has 31 heavy (non-hydrogen) atoms. The quantitative estimate of drug-likeness (QED) is 0.487. The second kappa shape index (κ2) is 8.95. The van der Waals surface area contributed by atoms with Crippen molar-refractivity contribution in [1.82, 2.24) is 16.0 Å². The van der Waals surface area contributed by atoms with Gasteiger partial charge in [0.15, 0.2) is 6.29 Å². The third kappa shape index (κ3) is 4.65. The second-order valence-corrected chi connectivity index (χ2v) is 8.08. The van der Waals surface area contributed by atoms with Crippen molar-refractivity contribution in [3.8, 4) is 0 Å². The van der Waals surface area contributed by atoms with E-state index in [0.29, 0.717) is 16.4 Å². The van der Waals surface area contributed by atoms with E-state index in [1.54, 1.807) is 18.2 Å². The van der Waals surface area contributed by atoms with Crippen LogP contribution in [-0.4, -0.2) is 30.2 Å². The predicted molar refractivity (Wildman–Crippen MR) is 118 cm³/mol. The third-order valence-corrected chi connectivity index (χ3v) is 5.81. The van der Waals surface area contributed by atoms with Gasteiger partial charge in [0.1, 0.15) is 0 Å². The van der Waals surface area contributed by atoms with E-state index >= 15 is 0 Å². The summed E-state index contributed by atoms with van der Waals surface area (Å²) < 4.78 is 0. The molecule has 4 rings (SSSR count). The molecule has 2 fully saturated rings. The zero-order valence-corrected chi connectivity index (χ0v) is 17.7. The number of para-hydroxylation sites is 1. The number of amides is 3. The Bertz CT molecular complexity index is 1010. The fourth-order valence-electron chi connectivity index (χ4n) is 4.07. The maximum Gasteiger partial charge on any atom is 0.229 e. The minimum absolute atomic E-state index is 0.0528. The van der Waals surface area contributed by atoms with Crippen molar-refractivity contribution in [2.45, 2.75) is 32.2 Å². The van der Waals surface area contributed by atoms with Gasteiger partial charge < -0.3 is 21.3 Å². The molecular weight excluding hydrogens is 418 g/mol. The fraction of sp³-hybridized carbons (Fsp3) is 0.318. The average molecular weight is 442 g/mol. The number of hydrogen-bond donors (Lipinski definition) is 5. The van der Waals surface area contributed by atoms with Crippen molar-refractivity contribution in [3.05, 3.63) is 59.1 Å². The lowest BCUT2D eigenvalue weighted by Crippen LogP contribution is -2.72. The number of hydrogen-bond acceptors (Lipinski definition) is 5. The first-order valence-electron chi connectivity index (χ1n) is 10.2. The van der Waals surface area contributed by atoms with Gasteiger partial charge in [0.05, 0.1) is 18.0 Å². The molecule has 2 heterocycles. The molecule has 0 radical (unpaired) electrons. The Morgan fingerprint density at radius 3 is 2.71 bits per heavy atom. The van der Waals surface area contributed by atoms with Crippen LogP contribution >= 0.6 is 11.6 Å². The number of rotatable bonds is 5. The van der Waals surface area contributed by atoms with Gasteiger partial charge in [-0.3, -0.25) is 19.7 Å². The molecule has 4 unspecified atom stereocenters. The fourth-order valence-corrected chi connectivity index (χ4v) is 4.27. The van der Waals surface area contributed by atoms with Crippen molar-refractivity contribution in [1.29, 1.82) is 0 Å². The number of halogens is 1. The van der Waals surface area contributed by atoms with Crippen LogP contribution in [0.3, 0.4) is 0 Å². The van der Waals surface area contributed by atoms with Gasteiger partial charge in [-0.05, 0) is 36.2 Å². The Kier molecular flexibility index (Phi) is 6.11. The smallest absolute Gasteiger partial charge is 0.229 e. The maximum absolute atomic E-state index is 13.1. The molecule has 9 heteroatoms. The van der Waals surface area contributed by atoms with E-state index in [4.69, 9.17) is 11.6 Å². The highest BCUT2D eigenvalue weighted by Gasteiger charge is 2.48. The number of carbonyl (C=O) groups excluding carboxylic acids is 3. The molecule has 162 valence electrons. The van der Waals surface area contributed by atoms with Crippen molar-refractivity contribution < 1.29 is 14.4 Å². The molecule has 3 amide bonds. The van der Waals surface area contributed by atoms with Gasteiger partial charge >= 0.3 is 0 Å². The summed E-state index contributed by atoms with van der Waals surface area (Å²) in [4.78, 5) is 38.3. The summed E-state index contributed by atoms with van der Waals surface area (Å²) in [5.41, 5.74) is 2.39. The summed E-state index contributed by atoms with van der Waals surface area (Å²) >= 11 is 6.01. The van der Waals surface area contributed by atoms with Crippen LogP contribution in [0, 0.1) is 11.8 Å². The van der Waals surface area contributed by atoms with E-state index < -0.39 is 24.3 Å². The molecule has 2 aliphatic heterocycles. The van der Waals surface area contributed by atoms with Gasteiger partial charge in [-0.2, -0.15) is 0 Å². The summed E-state index contributed by atoms with van der Waals surface area (Å²) in [5, 5.41) is 15.4. The van der Waals surface area contributed by atoms with Crippen LogP contribution in [0.4, 0.5) is 11.4 Å². The van der Waals surface area contributed by atoms with Gasteiger partial charge in [-0.1, -0.05) is 42.8 Å². The Morgan fingerprint density at radius 2 is 1.94 bits per heavy atom. The molecule has 0 spiro atoms. The molecule has 0 saturated carbocycles. The zero-order chi connectivity index (χ0) is 22.0. The Morgan fingerprint density at radius 1 is 1.13 bits per heavy atom. The van der Waals surface area contributed by atoms with Crippen molar-refractivity contribution in [2.24, 2.45) is 11.8 Å². The van der Waals surface area contributed by atoms with Crippen LogP contribution in [0.5, 0.6) is 0 Å². The number of aryl methyl sites for hydroxylation is 1. The highest BCUT2D eigenvalue weighted by molar-refractivity contribution is 6.30. The molecule has 0 aliphatic carbocycles. The normalized spacial score (nSPS) is 25.1. The third-order valence-electron chi connectivity index (χ3n) is 5.58. The molecule has 2 aliphatic rings. The first kappa shape index (κ1) is 21.1. The number of fused-ring (bicyclic) bond motifs is 1. The van der Waals surface area contributed by atoms with Crippen molar-refractivity contribution in [3.63, 3.8) is 0 Å². The topological polar surface area (TPSA) is 111 Å². The van der Waals surface area contributed by atoms with E-state index in [1.807, 2.05) is 37.3 Å². The van der Waals surface area contributed by atoms with Gasteiger partial charge in [0, 0.05) is 22.8 Å². The lowest BCUT2D eigenvalue weighted by Gasteiger charge is -2.43. The molecule has 0 aromatic heterocycles. The van der Waals surface area contributed by atoms with Gasteiger partial charge in [-0.25, -0.2) is 0 Å². The van der Waals surface area contributed by atoms with Crippen LogP contribution in [-0.2, 0) is 20.8 Å². The summed E-state index contributed by atoms with van der Waals surface area (Å²) in [5.74, 6) is -2.46. The van der Waals surface area contributed by atoms with Crippen LogP contribution in [0.1, 0.15) is 18.9 Å². The van der Waals surface area contributed by atoms with Crippen LogP contribution in [0.2, 0.25) is 5.02 Å². The van der Waals surface area contributed by atoms with Crippen LogP contribution in [0.25, 0.3) is 0 Å². The van der Waals surface area contributed by atoms with E-state index in [1.165, 1.54) is 0 Å². The van der Waals surface area contributed by atoms with Gasteiger partial charge in [0.25, 0.3) is 0 Å². The van der Waals surface area contributed by atoms with Crippen LogP contribution < -0.4 is 26.6 Å². The first-order valence-corrected chi connectivity index (χ1v) is 10.6. The highest BCUT2D eigenvalue weighted by Crippen LogP contribution is 2.29. The SMILES string of the molecule is CCc1ccccc1NC(=O)C1CC(=O)NC2NC(Nc3cccc(Cl)c3)NC(=O)C21. The lowest BCUT2D eigenvalue weighted by molar-refractivity contribution is -0.144. The predicted octanol–water partition coefficient (Wildman–Crippen LogP) is 2.03. The lowest BCUT2D eigenvalue weighted by atomic mass is 9.81. The maximum atomic E-state index is 13.1. The molecular formula is C22H24ClN5O3. The highest BCUT2D eigenvalue weighted by atomic mass is 35.5. The largest absolute Gasteiger partial charge is 0.353 e. The molecule has 2 aromatic rings. The summed E-state index contributed by atoms with van der Waals surface area (Å²) in [6.45, 7) is 2.00. The van der Waals surface area contributed by atoms with E-state index in [0.717, 1.165) is 12.0 Å². The van der Waals surface area contributed by atoms with Gasteiger partial charge in [-0.15, -0.1) is 0 Å². The Labute approximate surface area is 185 Å². The van der Waals surface area contributed by atoms with Crippen molar-refractivity contribution in [2.75, 3.05) is 10.6 Å². The number of nitrogens with one attached hydrogen (secondary N) is 5. The van der Waals surface area contributed by atoms with Crippen LogP contribution in [0.15, 0.2) is 48.5 Å². The minimum Gasteiger partial charge on any atom is -0.353 e. The Balaban J connectivity index is 1.50. The standard InChI is InChI=1S/C22H24ClN5O3/c1-2-12-6-3-4-9-16(12)25-20(30)15-11-17(29)26-19-18(15)21(31)28-22(27-19)24-14-8-5-7-13(23)10-14/h3-10,15,18-19,22,24,27H,2,11H2,1H3,(H,25,30)(H,26,29)(H,28,31). The Hall–Kier alpha value is -3.10. The second-order valence-electron chi connectivity index (χ2n) is 7.64. The first-order chi connectivity index (χ1) is 14.9. The van der Waals surface area contributed by atoms with Crippen molar-refractivity contribution >= 4 is 40.7 Å². The molecule has 8 nitrogen and oxygen atoms in total. The number of benzene rings is 2. The van der Waals surface area contributed by atoms with Gasteiger partial charge in [0.2, 0.25) is 17.7 Å². The monoisotopic (exact) mass is 441 g/mol. The molecule has 0 bridgehead atoms. The summed E-state index contributed by atoms with van der Waals surface area (Å²) in [6, 6.07) is 14.6. The minimum atomic E-state index is -0.789.